The number of aromatic nitrogens is 1. The van der Waals surface area contributed by atoms with Crippen LogP contribution in [0.1, 0.15) is 51.2 Å². The van der Waals surface area contributed by atoms with E-state index in [1.165, 1.54) is 49.3 Å². The monoisotopic (exact) mass is 289 g/mol. The molecule has 1 unspecified atom stereocenters. The van der Waals surface area contributed by atoms with Gasteiger partial charge in [0.1, 0.15) is 5.82 Å². The van der Waals surface area contributed by atoms with E-state index in [-0.39, 0.29) is 0 Å². The van der Waals surface area contributed by atoms with Gasteiger partial charge < -0.3 is 10.2 Å². The largest absolute Gasteiger partial charge is 0.356 e. The van der Waals surface area contributed by atoms with E-state index in [4.69, 9.17) is 4.98 Å². The Morgan fingerprint density at radius 2 is 2.24 bits per heavy atom. The van der Waals surface area contributed by atoms with Crippen molar-refractivity contribution in [2.45, 2.75) is 53.5 Å². The van der Waals surface area contributed by atoms with Gasteiger partial charge in [0.25, 0.3) is 0 Å². The van der Waals surface area contributed by atoms with Crippen LogP contribution in [0.25, 0.3) is 0 Å². The molecule has 21 heavy (non-hydrogen) atoms. The Hall–Kier alpha value is -1.09. The van der Waals surface area contributed by atoms with Crippen LogP contribution in [0.2, 0.25) is 0 Å². The summed E-state index contributed by atoms with van der Waals surface area (Å²) in [7, 11) is 0. The molecule has 3 heteroatoms. The molecule has 0 aliphatic carbocycles. The molecule has 1 aliphatic rings. The predicted octanol–water partition coefficient (Wildman–Crippen LogP) is 3.76. The van der Waals surface area contributed by atoms with Crippen LogP contribution >= 0.6 is 0 Å². The molecule has 3 nitrogen and oxygen atoms in total. The quantitative estimate of drug-likeness (QED) is 0.828. The lowest BCUT2D eigenvalue weighted by molar-refractivity contribution is 0.529. The molecular formula is C18H31N3. The molecule has 1 saturated heterocycles. The standard InChI is InChI=1S/C18H31N3/c1-5-6-16-7-8-21(13-16)18-15(4)9-17(12-20-18)11-19-10-14(2)3/h9,12,14,16,19H,5-8,10-11,13H2,1-4H3. The number of rotatable bonds is 7. The zero-order valence-electron chi connectivity index (χ0n) is 14.2. The molecule has 1 atom stereocenters. The highest BCUT2D eigenvalue weighted by molar-refractivity contribution is 5.48. The van der Waals surface area contributed by atoms with Gasteiger partial charge in [-0.25, -0.2) is 4.98 Å². The van der Waals surface area contributed by atoms with E-state index in [0.717, 1.165) is 19.0 Å². The molecule has 1 aromatic heterocycles. The van der Waals surface area contributed by atoms with Gasteiger partial charge in [-0.1, -0.05) is 27.2 Å². The second kappa shape index (κ2) is 7.79. The lowest BCUT2D eigenvalue weighted by atomic mass is 10.0. The van der Waals surface area contributed by atoms with E-state index >= 15 is 0 Å². The second-order valence-corrected chi connectivity index (χ2v) is 6.90. The SMILES string of the molecule is CCCC1CCN(c2ncc(CNCC(C)C)cc2C)C1. The third kappa shape index (κ3) is 4.70. The minimum atomic E-state index is 0.693. The third-order valence-electron chi connectivity index (χ3n) is 4.27. The fourth-order valence-electron chi connectivity index (χ4n) is 3.23. The Balaban J connectivity index is 1.93. The lowest BCUT2D eigenvalue weighted by Gasteiger charge is -2.20. The van der Waals surface area contributed by atoms with Gasteiger partial charge in [-0.05, 0) is 55.3 Å². The van der Waals surface area contributed by atoms with E-state index in [0.29, 0.717) is 5.92 Å². The van der Waals surface area contributed by atoms with Crippen molar-refractivity contribution in [3.05, 3.63) is 23.4 Å². The smallest absolute Gasteiger partial charge is 0.131 e. The highest BCUT2D eigenvalue weighted by Crippen LogP contribution is 2.27. The van der Waals surface area contributed by atoms with Crippen molar-refractivity contribution < 1.29 is 0 Å². The van der Waals surface area contributed by atoms with Crippen LogP contribution in [0.3, 0.4) is 0 Å². The maximum atomic E-state index is 4.74. The van der Waals surface area contributed by atoms with Crippen LogP contribution in [0, 0.1) is 18.8 Å². The zero-order valence-corrected chi connectivity index (χ0v) is 14.2. The number of anilines is 1. The first-order valence-electron chi connectivity index (χ1n) is 8.51. The van der Waals surface area contributed by atoms with Crippen LogP contribution in [0.5, 0.6) is 0 Å². The molecule has 1 N–H and O–H groups in total. The molecule has 118 valence electrons. The van der Waals surface area contributed by atoms with Crippen molar-refractivity contribution in [3.8, 4) is 0 Å². The molecular weight excluding hydrogens is 258 g/mol. The molecule has 2 heterocycles. The zero-order chi connectivity index (χ0) is 15.2. The first-order chi connectivity index (χ1) is 10.1. The first-order valence-corrected chi connectivity index (χ1v) is 8.51. The normalized spacial score (nSPS) is 18.7. The van der Waals surface area contributed by atoms with Crippen LogP contribution in [0.15, 0.2) is 12.3 Å². The summed E-state index contributed by atoms with van der Waals surface area (Å²) in [6.45, 7) is 13.3. The Bertz CT molecular complexity index is 442. The van der Waals surface area contributed by atoms with Gasteiger partial charge in [0.2, 0.25) is 0 Å². The summed E-state index contributed by atoms with van der Waals surface area (Å²) in [5.41, 5.74) is 2.61. The third-order valence-corrected chi connectivity index (χ3v) is 4.27. The summed E-state index contributed by atoms with van der Waals surface area (Å²) in [5, 5.41) is 3.49. The van der Waals surface area contributed by atoms with E-state index < -0.39 is 0 Å². The predicted molar refractivity (Wildman–Crippen MR) is 90.7 cm³/mol. The first kappa shape index (κ1) is 16.3. The summed E-state index contributed by atoms with van der Waals surface area (Å²) in [6, 6.07) is 2.29. The fraction of sp³-hybridized carbons (Fsp3) is 0.722. The number of nitrogens with one attached hydrogen (secondary N) is 1. The van der Waals surface area contributed by atoms with E-state index in [1.807, 2.05) is 6.20 Å². The molecule has 2 rings (SSSR count). The van der Waals surface area contributed by atoms with E-state index in [1.54, 1.807) is 0 Å². The highest BCUT2D eigenvalue weighted by Gasteiger charge is 2.23. The van der Waals surface area contributed by atoms with Crippen molar-refractivity contribution in [1.82, 2.24) is 10.3 Å². The average Bonchev–Trinajstić information content (AvgIpc) is 2.87. The number of hydrogen-bond acceptors (Lipinski definition) is 3. The summed E-state index contributed by atoms with van der Waals surface area (Å²) in [4.78, 5) is 7.21. The maximum absolute atomic E-state index is 4.74. The minimum absolute atomic E-state index is 0.693. The Morgan fingerprint density at radius 3 is 2.90 bits per heavy atom. The highest BCUT2D eigenvalue weighted by atomic mass is 15.2. The Morgan fingerprint density at radius 1 is 1.43 bits per heavy atom. The maximum Gasteiger partial charge on any atom is 0.131 e. The minimum Gasteiger partial charge on any atom is -0.356 e. The van der Waals surface area contributed by atoms with E-state index in [9.17, 15) is 0 Å². The van der Waals surface area contributed by atoms with Crippen LogP contribution in [-0.4, -0.2) is 24.6 Å². The van der Waals surface area contributed by atoms with Crippen molar-refractivity contribution in [3.63, 3.8) is 0 Å². The number of nitrogens with zero attached hydrogens (tertiary/aromatic N) is 2. The van der Waals surface area contributed by atoms with Crippen LogP contribution in [-0.2, 0) is 6.54 Å². The molecule has 1 fully saturated rings. The van der Waals surface area contributed by atoms with Crippen LogP contribution in [0.4, 0.5) is 5.82 Å². The van der Waals surface area contributed by atoms with Gasteiger partial charge in [-0.2, -0.15) is 0 Å². The molecule has 0 amide bonds. The number of aryl methyl sites for hydroxylation is 1. The Kier molecular flexibility index (Phi) is 6.04. The summed E-state index contributed by atoms with van der Waals surface area (Å²) in [5.74, 6) is 2.75. The number of pyridine rings is 1. The fourth-order valence-corrected chi connectivity index (χ4v) is 3.23. The Labute approximate surface area is 130 Å². The molecule has 0 spiro atoms. The van der Waals surface area contributed by atoms with Gasteiger partial charge in [-0.3, -0.25) is 0 Å². The molecule has 0 bridgehead atoms. The van der Waals surface area contributed by atoms with Crippen molar-refractivity contribution in [2.24, 2.45) is 11.8 Å². The van der Waals surface area contributed by atoms with Gasteiger partial charge in [0.15, 0.2) is 0 Å². The van der Waals surface area contributed by atoms with Crippen molar-refractivity contribution in [1.29, 1.82) is 0 Å². The summed E-state index contributed by atoms with van der Waals surface area (Å²) < 4.78 is 0. The molecule has 1 aliphatic heterocycles. The van der Waals surface area contributed by atoms with Gasteiger partial charge in [0, 0.05) is 25.8 Å². The summed E-state index contributed by atoms with van der Waals surface area (Å²) in [6.07, 6.45) is 6.02. The van der Waals surface area contributed by atoms with Crippen LogP contribution < -0.4 is 10.2 Å². The molecule has 0 aromatic carbocycles. The number of hydrogen-bond donors (Lipinski definition) is 1. The van der Waals surface area contributed by atoms with E-state index in [2.05, 4.69) is 44.0 Å². The van der Waals surface area contributed by atoms with Crippen molar-refractivity contribution in [2.75, 3.05) is 24.5 Å². The average molecular weight is 289 g/mol. The molecule has 0 radical (unpaired) electrons. The summed E-state index contributed by atoms with van der Waals surface area (Å²) >= 11 is 0. The van der Waals surface area contributed by atoms with Crippen molar-refractivity contribution >= 4 is 5.82 Å². The van der Waals surface area contributed by atoms with Gasteiger partial charge >= 0.3 is 0 Å². The van der Waals surface area contributed by atoms with Gasteiger partial charge in [-0.15, -0.1) is 0 Å². The topological polar surface area (TPSA) is 28.2 Å². The van der Waals surface area contributed by atoms with Gasteiger partial charge in [0.05, 0.1) is 0 Å². The lowest BCUT2D eigenvalue weighted by Crippen LogP contribution is -2.23. The second-order valence-electron chi connectivity index (χ2n) is 6.90. The molecule has 1 aromatic rings. The molecule has 0 saturated carbocycles.